The molecule has 0 amide bonds. The second-order valence-electron chi connectivity index (χ2n) is 4.36. The molecule has 0 spiro atoms. The number of rotatable bonds is 4. The zero-order valence-corrected chi connectivity index (χ0v) is 11.0. The van der Waals surface area contributed by atoms with E-state index in [-0.39, 0.29) is 6.04 Å². The number of nitrogens with one attached hydrogen (secondary N) is 1. The number of fused-ring (bicyclic) bond motifs is 1. The molecule has 3 aromatic heterocycles. The fourth-order valence-corrected chi connectivity index (χ4v) is 2.28. The predicted molar refractivity (Wildman–Crippen MR) is 71.8 cm³/mol. The molecule has 6 nitrogen and oxygen atoms in total. The first-order valence-corrected chi connectivity index (χ1v) is 6.30. The third kappa shape index (κ3) is 2.00. The lowest BCUT2D eigenvalue weighted by Crippen LogP contribution is -2.17. The summed E-state index contributed by atoms with van der Waals surface area (Å²) in [5, 5.41) is 12.0. The third-order valence-electron chi connectivity index (χ3n) is 3.26. The Hall–Kier alpha value is -2.21. The standard InChI is InChI=1S/C13H16N6/c1-3-18-9-10(6-16-18)13(14-2)11-7-17-19-5-4-15-8-12(11)19/h4-9,13-14H,3H2,1-2H3. The molecule has 0 aromatic carbocycles. The van der Waals surface area contributed by atoms with Gasteiger partial charge in [0.05, 0.1) is 30.1 Å². The molecule has 0 saturated heterocycles. The molecule has 98 valence electrons. The number of nitrogens with zero attached hydrogens (tertiary/aromatic N) is 5. The van der Waals surface area contributed by atoms with Gasteiger partial charge in [-0.05, 0) is 14.0 Å². The predicted octanol–water partition coefficient (Wildman–Crippen LogP) is 1.25. The molecule has 0 aliphatic heterocycles. The first-order valence-electron chi connectivity index (χ1n) is 6.30. The summed E-state index contributed by atoms with van der Waals surface area (Å²) in [5.41, 5.74) is 3.24. The zero-order valence-electron chi connectivity index (χ0n) is 11.0. The lowest BCUT2D eigenvalue weighted by Gasteiger charge is -2.12. The first kappa shape index (κ1) is 11.9. The average molecular weight is 256 g/mol. The molecule has 3 rings (SSSR count). The Morgan fingerprint density at radius 3 is 2.89 bits per heavy atom. The van der Waals surface area contributed by atoms with E-state index in [0.29, 0.717) is 0 Å². The van der Waals surface area contributed by atoms with E-state index in [4.69, 9.17) is 0 Å². The lowest BCUT2D eigenvalue weighted by molar-refractivity contribution is 0.654. The summed E-state index contributed by atoms with van der Waals surface area (Å²) < 4.78 is 3.75. The van der Waals surface area contributed by atoms with Crippen molar-refractivity contribution in [2.24, 2.45) is 0 Å². The molecule has 19 heavy (non-hydrogen) atoms. The molecule has 6 heteroatoms. The monoisotopic (exact) mass is 256 g/mol. The largest absolute Gasteiger partial charge is 0.309 e. The molecule has 3 aromatic rings. The van der Waals surface area contributed by atoms with E-state index in [1.807, 2.05) is 41.0 Å². The number of hydrogen-bond acceptors (Lipinski definition) is 4. The highest BCUT2D eigenvalue weighted by molar-refractivity contribution is 5.55. The maximum absolute atomic E-state index is 4.35. The lowest BCUT2D eigenvalue weighted by atomic mass is 10.0. The van der Waals surface area contributed by atoms with Crippen LogP contribution in [0.15, 0.2) is 37.2 Å². The Balaban J connectivity index is 2.06. The van der Waals surface area contributed by atoms with Crippen molar-refractivity contribution in [2.75, 3.05) is 7.05 Å². The highest BCUT2D eigenvalue weighted by atomic mass is 15.3. The summed E-state index contributed by atoms with van der Waals surface area (Å²) in [6.07, 6.45) is 11.2. The average Bonchev–Trinajstić information content (AvgIpc) is 3.07. The van der Waals surface area contributed by atoms with Gasteiger partial charge in [0.1, 0.15) is 0 Å². The van der Waals surface area contributed by atoms with Crippen molar-refractivity contribution in [1.29, 1.82) is 0 Å². The van der Waals surface area contributed by atoms with Crippen molar-refractivity contribution in [3.05, 3.63) is 48.3 Å². The van der Waals surface area contributed by atoms with Crippen molar-refractivity contribution in [3.63, 3.8) is 0 Å². The topological polar surface area (TPSA) is 60.0 Å². The summed E-state index contributed by atoms with van der Waals surface area (Å²) in [6, 6.07) is 0.0713. The third-order valence-corrected chi connectivity index (χ3v) is 3.26. The number of hydrogen-bond donors (Lipinski definition) is 1. The molecule has 1 N–H and O–H groups in total. The minimum atomic E-state index is 0.0713. The van der Waals surface area contributed by atoms with Crippen LogP contribution in [0.25, 0.3) is 5.52 Å². The van der Waals surface area contributed by atoms with Crippen molar-refractivity contribution in [3.8, 4) is 0 Å². The molecule has 0 saturated carbocycles. The van der Waals surface area contributed by atoms with Gasteiger partial charge in [0.2, 0.25) is 0 Å². The van der Waals surface area contributed by atoms with Crippen LogP contribution >= 0.6 is 0 Å². The van der Waals surface area contributed by atoms with E-state index < -0.39 is 0 Å². The molecule has 0 radical (unpaired) electrons. The van der Waals surface area contributed by atoms with Crippen molar-refractivity contribution in [2.45, 2.75) is 19.5 Å². The smallest absolute Gasteiger partial charge is 0.0896 e. The van der Waals surface area contributed by atoms with Crippen molar-refractivity contribution < 1.29 is 0 Å². The van der Waals surface area contributed by atoms with Gasteiger partial charge in [0, 0.05) is 36.3 Å². The molecular formula is C13H16N6. The van der Waals surface area contributed by atoms with Gasteiger partial charge in [-0.1, -0.05) is 0 Å². The maximum Gasteiger partial charge on any atom is 0.0896 e. The normalized spacial score (nSPS) is 12.9. The highest BCUT2D eigenvalue weighted by Gasteiger charge is 2.18. The van der Waals surface area contributed by atoms with E-state index in [2.05, 4.69) is 33.6 Å². The summed E-state index contributed by atoms with van der Waals surface area (Å²) in [5.74, 6) is 0. The molecule has 1 atom stereocenters. The van der Waals surface area contributed by atoms with Gasteiger partial charge < -0.3 is 5.32 Å². The van der Waals surface area contributed by atoms with Crippen LogP contribution in [0, 0.1) is 0 Å². The van der Waals surface area contributed by atoms with E-state index in [1.165, 1.54) is 0 Å². The molecule has 3 heterocycles. The minimum Gasteiger partial charge on any atom is -0.309 e. The van der Waals surface area contributed by atoms with Gasteiger partial charge in [-0.25, -0.2) is 4.52 Å². The van der Waals surface area contributed by atoms with E-state index in [9.17, 15) is 0 Å². The van der Waals surface area contributed by atoms with Crippen LogP contribution in [0.2, 0.25) is 0 Å². The fourth-order valence-electron chi connectivity index (χ4n) is 2.28. The Morgan fingerprint density at radius 1 is 1.26 bits per heavy atom. The molecule has 0 bridgehead atoms. The Bertz CT molecular complexity index is 683. The molecular weight excluding hydrogens is 240 g/mol. The van der Waals surface area contributed by atoms with Crippen LogP contribution in [0.1, 0.15) is 24.1 Å². The number of aryl methyl sites for hydroxylation is 1. The quantitative estimate of drug-likeness (QED) is 0.763. The Labute approximate surface area is 111 Å². The highest BCUT2D eigenvalue weighted by Crippen LogP contribution is 2.24. The summed E-state index contributed by atoms with van der Waals surface area (Å²) in [6.45, 7) is 2.94. The van der Waals surface area contributed by atoms with Crippen LogP contribution < -0.4 is 5.32 Å². The summed E-state index contributed by atoms with van der Waals surface area (Å²) in [4.78, 5) is 4.17. The van der Waals surface area contributed by atoms with E-state index in [1.54, 1.807) is 6.20 Å². The van der Waals surface area contributed by atoms with E-state index in [0.717, 1.165) is 23.2 Å². The van der Waals surface area contributed by atoms with Crippen LogP contribution in [-0.4, -0.2) is 31.4 Å². The SMILES string of the molecule is CCn1cc(C(NC)c2cnn3ccncc23)cn1. The fraction of sp³-hybridized carbons (Fsp3) is 0.308. The van der Waals surface area contributed by atoms with Gasteiger partial charge in [-0.3, -0.25) is 9.67 Å². The molecule has 0 fully saturated rings. The second kappa shape index (κ2) is 4.81. The molecule has 0 aliphatic rings. The Kier molecular flexibility index (Phi) is 3.00. The number of aromatic nitrogens is 5. The molecule has 1 unspecified atom stereocenters. The maximum atomic E-state index is 4.35. The van der Waals surface area contributed by atoms with Gasteiger partial charge >= 0.3 is 0 Å². The summed E-state index contributed by atoms with van der Waals surface area (Å²) in [7, 11) is 1.94. The molecule has 0 aliphatic carbocycles. The minimum absolute atomic E-state index is 0.0713. The first-order chi connectivity index (χ1) is 9.33. The van der Waals surface area contributed by atoms with Crippen molar-refractivity contribution in [1.82, 2.24) is 29.7 Å². The van der Waals surface area contributed by atoms with Crippen molar-refractivity contribution >= 4 is 5.52 Å². The Morgan fingerprint density at radius 2 is 2.16 bits per heavy atom. The van der Waals surface area contributed by atoms with Gasteiger partial charge in [0.25, 0.3) is 0 Å². The van der Waals surface area contributed by atoms with Gasteiger partial charge in [-0.15, -0.1) is 0 Å². The summed E-state index contributed by atoms with van der Waals surface area (Å²) >= 11 is 0. The van der Waals surface area contributed by atoms with Gasteiger partial charge in [0.15, 0.2) is 0 Å². The van der Waals surface area contributed by atoms with E-state index >= 15 is 0 Å². The second-order valence-corrected chi connectivity index (χ2v) is 4.36. The van der Waals surface area contributed by atoms with Crippen LogP contribution in [0.5, 0.6) is 0 Å². The zero-order chi connectivity index (χ0) is 13.2. The van der Waals surface area contributed by atoms with Crippen LogP contribution in [-0.2, 0) is 6.54 Å². The van der Waals surface area contributed by atoms with Gasteiger partial charge in [-0.2, -0.15) is 10.2 Å². The van der Waals surface area contributed by atoms with Crippen LogP contribution in [0.4, 0.5) is 0 Å². The van der Waals surface area contributed by atoms with Crippen LogP contribution in [0.3, 0.4) is 0 Å².